The highest BCUT2D eigenvalue weighted by Crippen LogP contribution is 2.43. The molecule has 0 radical (unpaired) electrons. The monoisotopic (exact) mass is 457 g/mol. The molecule has 0 saturated heterocycles. The third-order valence-electron chi connectivity index (χ3n) is 5.29. The lowest BCUT2D eigenvalue weighted by molar-refractivity contribution is -0.123. The van der Waals surface area contributed by atoms with Gasteiger partial charge in [0.1, 0.15) is 5.75 Å². The van der Waals surface area contributed by atoms with E-state index in [2.05, 4.69) is 71.2 Å². The largest absolute Gasteiger partial charge is 0.484 e. The second-order valence-electron chi connectivity index (χ2n) is 8.02. The van der Waals surface area contributed by atoms with Gasteiger partial charge in [-0.05, 0) is 74.6 Å². The third-order valence-corrected chi connectivity index (χ3v) is 5.79. The Bertz CT molecular complexity index is 911. The molecule has 0 aliphatic carbocycles. The Morgan fingerprint density at radius 3 is 2.86 bits per heavy atom. The van der Waals surface area contributed by atoms with Crippen molar-refractivity contribution in [2.24, 2.45) is 5.10 Å². The van der Waals surface area contributed by atoms with Crippen LogP contribution in [0.3, 0.4) is 0 Å². The van der Waals surface area contributed by atoms with Crippen molar-refractivity contribution >= 4 is 33.7 Å². The fourth-order valence-corrected chi connectivity index (χ4v) is 4.48. The molecule has 3 rings (SSSR count). The summed E-state index contributed by atoms with van der Waals surface area (Å²) in [7, 11) is 0. The first-order valence-corrected chi connectivity index (χ1v) is 10.7. The molecule has 154 valence electrons. The van der Waals surface area contributed by atoms with Gasteiger partial charge in [-0.3, -0.25) is 4.79 Å². The molecule has 1 heterocycles. The van der Waals surface area contributed by atoms with Gasteiger partial charge in [-0.25, -0.2) is 5.43 Å². The number of fused-ring (bicyclic) bond motifs is 1. The highest BCUT2D eigenvalue weighted by atomic mass is 79.9. The van der Waals surface area contributed by atoms with Crippen LogP contribution in [-0.2, 0) is 4.79 Å². The smallest absolute Gasteiger partial charge is 0.277 e. The molecule has 1 aliphatic heterocycles. The fraction of sp³-hybridized carbons (Fsp3) is 0.391. The van der Waals surface area contributed by atoms with Gasteiger partial charge in [-0.15, -0.1) is 0 Å². The number of nitrogens with one attached hydrogen (secondary N) is 1. The molecular weight excluding hydrogens is 430 g/mol. The summed E-state index contributed by atoms with van der Waals surface area (Å²) >= 11 is 3.37. The number of ether oxygens (including phenoxy) is 1. The van der Waals surface area contributed by atoms with Crippen LogP contribution in [0.15, 0.2) is 52.0 Å². The minimum absolute atomic E-state index is 0.0877. The number of hydrogen-bond acceptors (Lipinski definition) is 4. The number of carbonyl (C=O) groups excluding carboxylic acids is 1. The van der Waals surface area contributed by atoms with Crippen LogP contribution in [0, 0.1) is 0 Å². The molecule has 2 aromatic carbocycles. The fourth-order valence-electron chi connectivity index (χ4n) is 4.10. The number of hydrazone groups is 1. The molecule has 1 aliphatic rings. The normalized spacial score (nSPS) is 17.8. The zero-order chi connectivity index (χ0) is 21.0. The summed E-state index contributed by atoms with van der Waals surface area (Å²) in [5.74, 6) is 0.807. The van der Waals surface area contributed by atoms with Crippen LogP contribution in [0.1, 0.15) is 51.2 Å². The lowest BCUT2D eigenvalue weighted by atomic mass is 9.79. The number of hydrogen-bond donors (Lipinski definition) is 1. The number of amides is 1. The molecule has 0 aromatic heterocycles. The van der Waals surface area contributed by atoms with Crippen molar-refractivity contribution in [3.63, 3.8) is 0 Å². The average molecular weight is 458 g/mol. The molecule has 5 nitrogen and oxygen atoms in total. The van der Waals surface area contributed by atoms with Gasteiger partial charge in [0, 0.05) is 22.2 Å². The van der Waals surface area contributed by atoms with Crippen molar-refractivity contribution in [1.29, 1.82) is 0 Å². The van der Waals surface area contributed by atoms with E-state index in [4.69, 9.17) is 4.74 Å². The number of rotatable bonds is 6. The maximum atomic E-state index is 12.0. The molecular formula is C23H28BrN3O2. The Morgan fingerprint density at radius 1 is 1.34 bits per heavy atom. The summed E-state index contributed by atoms with van der Waals surface area (Å²) in [4.78, 5) is 14.4. The molecule has 0 spiro atoms. The van der Waals surface area contributed by atoms with E-state index in [1.165, 1.54) is 11.3 Å². The Labute approximate surface area is 181 Å². The van der Waals surface area contributed by atoms with Crippen molar-refractivity contribution in [3.8, 4) is 5.75 Å². The number of carbonyl (C=O) groups is 1. The topological polar surface area (TPSA) is 53.9 Å². The molecule has 29 heavy (non-hydrogen) atoms. The Hall–Kier alpha value is -2.34. The predicted octanol–water partition coefficient (Wildman–Crippen LogP) is 5.09. The van der Waals surface area contributed by atoms with Gasteiger partial charge in [0.05, 0.1) is 6.21 Å². The third kappa shape index (κ3) is 5.18. The van der Waals surface area contributed by atoms with Gasteiger partial charge in [0.2, 0.25) is 0 Å². The predicted molar refractivity (Wildman–Crippen MR) is 122 cm³/mol. The summed E-state index contributed by atoms with van der Waals surface area (Å²) in [5, 5.41) is 4.09. The highest BCUT2D eigenvalue weighted by Gasteiger charge is 2.35. The molecule has 2 aromatic rings. The summed E-state index contributed by atoms with van der Waals surface area (Å²) in [6, 6.07) is 13.7. The Kier molecular flexibility index (Phi) is 6.63. The summed E-state index contributed by atoms with van der Waals surface area (Å²) in [5.41, 5.74) is 6.27. The maximum absolute atomic E-state index is 12.0. The zero-order valence-corrected chi connectivity index (χ0v) is 19.0. The van der Waals surface area contributed by atoms with E-state index in [-0.39, 0.29) is 18.1 Å². The molecule has 1 atom stereocenters. The SMILES string of the molecule is CCN1c2ccc(/C=N\NC(=O)COc3cccc(Br)c3)cc2C(C)CC1(C)C. The van der Waals surface area contributed by atoms with E-state index in [0.29, 0.717) is 11.7 Å². The first-order chi connectivity index (χ1) is 13.8. The van der Waals surface area contributed by atoms with Crippen LogP contribution >= 0.6 is 15.9 Å². The molecule has 0 fully saturated rings. The van der Waals surface area contributed by atoms with Crippen molar-refractivity contribution < 1.29 is 9.53 Å². The van der Waals surface area contributed by atoms with Crippen molar-refractivity contribution in [2.45, 2.75) is 45.6 Å². The first kappa shape index (κ1) is 21.4. The number of halogens is 1. The molecule has 1 unspecified atom stereocenters. The summed E-state index contributed by atoms with van der Waals surface area (Å²) < 4.78 is 6.36. The van der Waals surface area contributed by atoms with E-state index < -0.39 is 0 Å². The van der Waals surface area contributed by atoms with Gasteiger partial charge in [0.25, 0.3) is 5.91 Å². The van der Waals surface area contributed by atoms with Crippen molar-refractivity contribution in [1.82, 2.24) is 5.43 Å². The van der Waals surface area contributed by atoms with Crippen LogP contribution in [0.5, 0.6) is 5.75 Å². The van der Waals surface area contributed by atoms with E-state index in [1.54, 1.807) is 12.3 Å². The molecule has 0 saturated carbocycles. The standard InChI is InChI=1S/C23H28BrN3O2/c1-5-27-21-10-9-17(11-20(21)16(2)13-23(27,3)4)14-25-26-22(28)15-29-19-8-6-7-18(24)12-19/h6-12,14,16H,5,13,15H2,1-4H3,(H,26,28)/b25-14-. The lowest BCUT2D eigenvalue weighted by Gasteiger charge is -2.47. The zero-order valence-electron chi connectivity index (χ0n) is 17.4. The number of benzene rings is 2. The summed E-state index contributed by atoms with van der Waals surface area (Å²) in [6.45, 7) is 9.97. The number of nitrogens with zero attached hydrogens (tertiary/aromatic N) is 2. The lowest BCUT2D eigenvalue weighted by Crippen LogP contribution is -2.48. The molecule has 0 bridgehead atoms. The van der Waals surface area contributed by atoms with Gasteiger partial charge in [0.15, 0.2) is 6.61 Å². The van der Waals surface area contributed by atoms with Crippen LogP contribution in [-0.4, -0.2) is 30.8 Å². The van der Waals surface area contributed by atoms with Crippen molar-refractivity contribution in [2.75, 3.05) is 18.1 Å². The van der Waals surface area contributed by atoms with Crippen LogP contribution in [0.4, 0.5) is 5.69 Å². The molecule has 1 amide bonds. The van der Waals surface area contributed by atoms with E-state index in [1.807, 2.05) is 24.3 Å². The first-order valence-electron chi connectivity index (χ1n) is 9.92. The van der Waals surface area contributed by atoms with E-state index in [9.17, 15) is 4.79 Å². The summed E-state index contributed by atoms with van der Waals surface area (Å²) in [6.07, 6.45) is 2.79. The molecule has 6 heteroatoms. The quantitative estimate of drug-likeness (QED) is 0.485. The Balaban J connectivity index is 1.61. The van der Waals surface area contributed by atoms with Gasteiger partial charge in [-0.2, -0.15) is 5.10 Å². The van der Waals surface area contributed by atoms with Gasteiger partial charge >= 0.3 is 0 Å². The minimum atomic E-state index is -0.300. The van der Waals surface area contributed by atoms with Crippen LogP contribution < -0.4 is 15.1 Å². The van der Waals surface area contributed by atoms with E-state index >= 15 is 0 Å². The van der Waals surface area contributed by atoms with E-state index in [0.717, 1.165) is 23.0 Å². The van der Waals surface area contributed by atoms with Gasteiger partial charge < -0.3 is 9.64 Å². The second kappa shape index (κ2) is 8.99. The minimum Gasteiger partial charge on any atom is -0.484 e. The molecule has 1 N–H and O–H groups in total. The van der Waals surface area contributed by atoms with Gasteiger partial charge in [-0.1, -0.05) is 35.0 Å². The highest BCUT2D eigenvalue weighted by molar-refractivity contribution is 9.10. The second-order valence-corrected chi connectivity index (χ2v) is 8.94. The number of anilines is 1. The van der Waals surface area contributed by atoms with Crippen molar-refractivity contribution in [3.05, 3.63) is 58.1 Å². The Morgan fingerprint density at radius 2 is 2.14 bits per heavy atom. The maximum Gasteiger partial charge on any atom is 0.277 e. The average Bonchev–Trinajstić information content (AvgIpc) is 2.66. The van der Waals surface area contributed by atoms with Crippen LogP contribution in [0.2, 0.25) is 0 Å². The van der Waals surface area contributed by atoms with Crippen LogP contribution in [0.25, 0.3) is 0 Å².